The third kappa shape index (κ3) is 3.52. The van der Waals surface area contributed by atoms with E-state index in [1.807, 2.05) is 56.3 Å². The number of aryl methyl sites for hydroxylation is 1. The molecular formula is C21H19ClN6O. The van der Waals surface area contributed by atoms with Gasteiger partial charge in [-0.3, -0.25) is 9.36 Å². The van der Waals surface area contributed by atoms with Crippen molar-refractivity contribution in [2.24, 2.45) is 5.10 Å². The summed E-state index contributed by atoms with van der Waals surface area (Å²) in [4.78, 5) is 17.2. The highest BCUT2D eigenvalue weighted by Crippen LogP contribution is 2.22. The molecule has 0 aliphatic rings. The second kappa shape index (κ2) is 7.89. The van der Waals surface area contributed by atoms with Gasteiger partial charge >= 0.3 is 0 Å². The molecule has 2 heterocycles. The highest BCUT2D eigenvalue weighted by Gasteiger charge is 2.13. The zero-order valence-electron chi connectivity index (χ0n) is 16.0. The van der Waals surface area contributed by atoms with Crippen LogP contribution in [-0.2, 0) is 6.54 Å². The van der Waals surface area contributed by atoms with Crippen molar-refractivity contribution in [3.05, 3.63) is 81.4 Å². The summed E-state index contributed by atoms with van der Waals surface area (Å²) in [6.07, 6.45) is 1.59. The smallest absolute Gasteiger partial charge is 0.262 e. The summed E-state index contributed by atoms with van der Waals surface area (Å²) >= 11 is 6.52. The van der Waals surface area contributed by atoms with Gasteiger partial charge in [0.15, 0.2) is 0 Å². The summed E-state index contributed by atoms with van der Waals surface area (Å²) in [5, 5.41) is 9.78. The van der Waals surface area contributed by atoms with Gasteiger partial charge < -0.3 is 0 Å². The molecule has 0 amide bonds. The van der Waals surface area contributed by atoms with Crippen LogP contribution in [0.2, 0.25) is 5.15 Å². The zero-order valence-corrected chi connectivity index (χ0v) is 16.8. The number of fused-ring (bicyclic) bond motifs is 1. The first-order chi connectivity index (χ1) is 14.1. The molecule has 29 heavy (non-hydrogen) atoms. The Balaban J connectivity index is 1.67. The first kappa shape index (κ1) is 18.9. The number of hydrazone groups is 1. The standard InChI is InChI=1S/C21H19ClN6O/c1-3-27-20(29)16-11-7-8-12-18(16)24-21(27)25-23-13-17-14(2)26-28(19(17)22)15-9-5-4-6-10-15/h4-13H,3H2,1-2H3,(H,24,25)/b23-13-. The minimum absolute atomic E-state index is 0.109. The molecule has 8 heteroatoms. The number of para-hydroxylation sites is 2. The van der Waals surface area contributed by atoms with Gasteiger partial charge in [0.2, 0.25) is 5.95 Å². The summed E-state index contributed by atoms with van der Waals surface area (Å²) in [6.45, 7) is 4.22. The molecule has 2 aromatic heterocycles. The van der Waals surface area contributed by atoms with E-state index in [-0.39, 0.29) is 5.56 Å². The van der Waals surface area contributed by atoms with E-state index in [1.54, 1.807) is 27.6 Å². The topological polar surface area (TPSA) is 77.1 Å². The van der Waals surface area contributed by atoms with Crippen LogP contribution in [-0.4, -0.2) is 25.5 Å². The number of benzene rings is 2. The molecule has 146 valence electrons. The SMILES string of the molecule is CCn1c(N/N=C\c2c(C)nn(-c3ccccc3)c2Cl)nc2ccccc2c1=O. The molecule has 0 spiro atoms. The Labute approximate surface area is 172 Å². The van der Waals surface area contributed by atoms with Crippen molar-refractivity contribution in [1.29, 1.82) is 0 Å². The first-order valence-electron chi connectivity index (χ1n) is 9.19. The lowest BCUT2D eigenvalue weighted by atomic mass is 10.2. The molecule has 0 radical (unpaired) electrons. The molecule has 0 bridgehead atoms. The van der Waals surface area contributed by atoms with Crippen LogP contribution in [0.3, 0.4) is 0 Å². The molecule has 2 aromatic carbocycles. The quantitative estimate of drug-likeness (QED) is 0.401. The molecule has 4 rings (SSSR count). The molecule has 7 nitrogen and oxygen atoms in total. The van der Waals surface area contributed by atoms with Crippen LogP contribution in [0.5, 0.6) is 0 Å². The Morgan fingerprint density at radius 3 is 2.62 bits per heavy atom. The lowest BCUT2D eigenvalue weighted by Gasteiger charge is -2.10. The molecule has 0 saturated carbocycles. The van der Waals surface area contributed by atoms with Gasteiger partial charge in [-0.2, -0.15) is 10.2 Å². The molecule has 4 aromatic rings. The third-order valence-electron chi connectivity index (χ3n) is 4.58. The van der Waals surface area contributed by atoms with Gasteiger partial charge in [0.1, 0.15) is 5.15 Å². The van der Waals surface area contributed by atoms with Crippen LogP contribution in [0, 0.1) is 6.92 Å². The van der Waals surface area contributed by atoms with Gasteiger partial charge in [-0.15, -0.1) is 0 Å². The number of anilines is 1. The van der Waals surface area contributed by atoms with Gasteiger partial charge in [-0.05, 0) is 38.1 Å². The summed E-state index contributed by atoms with van der Waals surface area (Å²) in [5.41, 5.74) is 5.68. The van der Waals surface area contributed by atoms with Crippen molar-refractivity contribution in [2.45, 2.75) is 20.4 Å². The van der Waals surface area contributed by atoms with Crippen molar-refractivity contribution < 1.29 is 0 Å². The fourth-order valence-electron chi connectivity index (χ4n) is 3.10. The van der Waals surface area contributed by atoms with Crippen molar-refractivity contribution in [3.8, 4) is 5.69 Å². The molecule has 0 fully saturated rings. The van der Waals surface area contributed by atoms with Crippen LogP contribution < -0.4 is 11.0 Å². The number of hydrogen-bond donors (Lipinski definition) is 1. The fraction of sp³-hybridized carbons (Fsp3) is 0.143. The van der Waals surface area contributed by atoms with E-state index in [1.165, 1.54) is 0 Å². The highest BCUT2D eigenvalue weighted by molar-refractivity contribution is 6.32. The second-order valence-electron chi connectivity index (χ2n) is 6.41. The highest BCUT2D eigenvalue weighted by atomic mass is 35.5. The van der Waals surface area contributed by atoms with Crippen molar-refractivity contribution in [2.75, 3.05) is 5.43 Å². The van der Waals surface area contributed by atoms with Gasteiger partial charge in [0, 0.05) is 6.54 Å². The molecule has 0 aliphatic carbocycles. The molecule has 1 N–H and O–H groups in total. The van der Waals surface area contributed by atoms with Crippen LogP contribution >= 0.6 is 11.6 Å². The van der Waals surface area contributed by atoms with Crippen molar-refractivity contribution >= 4 is 34.7 Å². The second-order valence-corrected chi connectivity index (χ2v) is 6.77. The number of halogens is 1. The first-order valence-corrected chi connectivity index (χ1v) is 9.57. The van der Waals surface area contributed by atoms with E-state index < -0.39 is 0 Å². The minimum Gasteiger partial charge on any atom is -0.277 e. The zero-order chi connectivity index (χ0) is 20.4. The third-order valence-corrected chi connectivity index (χ3v) is 4.95. The summed E-state index contributed by atoms with van der Waals surface area (Å²) in [6, 6.07) is 16.9. The number of nitrogens with zero attached hydrogens (tertiary/aromatic N) is 5. The fourth-order valence-corrected chi connectivity index (χ4v) is 3.42. The van der Waals surface area contributed by atoms with Gasteiger partial charge in [-0.25, -0.2) is 15.1 Å². The van der Waals surface area contributed by atoms with E-state index in [0.717, 1.165) is 11.4 Å². The predicted molar refractivity (Wildman–Crippen MR) is 116 cm³/mol. The number of hydrogen-bond acceptors (Lipinski definition) is 5. The maximum atomic E-state index is 12.7. The Kier molecular flexibility index (Phi) is 5.14. The maximum absolute atomic E-state index is 12.7. The van der Waals surface area contributed by atoms with Crippen LogP contribution in [0.1, 0.15) is 18.2 Å². The Hall–Kier alpha value is -3.45. The largest absolute Gasteiger partial charge is 0.277 e. The Bertz CT molecular complexity index is 1260. The monoisotopic (exact) mass is 406 g/mol. The molecule has 0 saturated heterocycles. The van der Waals surface area contributed by atoms with E-state index in [9.17, 15) is 4.79 Å². The van der Waals surface area contributed by atoms with Gasteiger partial charge in [0.25, 0.3) is 5.56 Å². The minimum atomic E-state index is -0.109. The van der Waals surface area contributed by atoms with Crippen molar-refractivity contribution in [3.63, 3.8) is 0 Å². The normalized spacial score (nSPS) is 11.4. The molecular weight excluding hydrogens is 388 g/mol. The summed E-state index contributed by atoms with van der Waals surface area (Å²) < 4.78 is 3.20. The van der Waals surface area contributed by atoms with Crippen LogP contribution in [0.4, 0.5) is 5.95 Å². The summed E-state index contributed by atoms with van der Waals surface area (Å²) in [5.74, 6) is 0.372. The number of nitrogens with one attached hydrogen (secondary N) is 1. The lowest BCUT2D eigenvalue weighted by Crippen LogP contribution is -2.23. The van der Waals surface area contributed by atoms with E-state index in [0.29, 0.717) is 34.1 Å². The van der Waals surface area contributed by atoms with Crippen molar-refractivity contribution in [1.82, 2.24) is 19.3 Å². The van der Waals surface area contributed by atoms with Gasteiger partial charge in [0.05, 0.1) is 34.1 Å². The van der Waals surface area contributed by atoms with E-state index in [2.05, 4.69) is 20.6 Å². The Morgan fingerprint density at radius 1 is 1.14 bits per heavy atom. The maximum Gasteiger partial charge on any atom is 0.262 e. The average Bonchev–Trinajstić information content (AvgIpc) is 3.03. The summed E-state index contributed by atoms with van der Waals surface area (Å²) in [7, 11) is 0. The van der Waals surface area contributed by atoms with E-state index >= 15 is 0 Å². The van der Waals surface area contributed by atoms with E-state index in [4.69, 9.17) is 11.6 Å². The molecule has 0 atom stereocenters. The van der Waals surface area contributed by atoms with Crippen LogP contribution in [0.15, 0.2) is 64.5 Å². The Morgan fingerprint density at radius 2 is 1.86 bits per heavy atom. The molecule has 0 aliphatic heterocycles. The lowest BCUT2D eigenvalue weighted by molar-refractivity contribution is 0.724. The predicted octanol–water partition coefficient (Wildman–Crippen LogP) is 4.01. The number of rotatable bonds is 5. The average molecular weight is 407 g/mol. The number of aromatic nitrogens is 4. The molecule has 0 unspecified atom stereocenters. The van der Waals surface area contributed by atoms with Crippen LogP contribution in [0.25, 0.3) is 16.6 Å². The van der Waals surface area contributed by atoms with Gasteiger partial charge in [-0.1, -0.05) is 41.9 Å².